The van der Waals surface area contributed by atoms with Gasteiger partial charge < -0.3 is 14.1 Å². The molecule has 3 aromatic carbocycles. The quantitative estimate of drug-likeness (QED) is 0.402. The Morgan fingerprint density at radius 1 is 0.906 bits per heavy atom. The van der Waals surface area contributed by atoms with Crippen molar-refractivity contribution in [3.8, 4) is 17.1 Å². The number of rotatable bonds is 5. The number of para-hydroxylation sites is 1. The fourth-order valence-electron chi connectivity index (χ4n) is 4.33. The second-order valence-electron chi connectivity index (χ2n) is 8.01. The third kappa shape index (κ3) is 3.94. The minimum atomic E-state index is -0.303. The van der Waals surface area contributed by atoms with E-state index in [1.165, 1.54) is 18.2 Å². The molecule has 1 aliphatic heterocycles. The molecular formula is C26H24F2N2O2. The van der Waals surface area contributed by atoms with Crippen molar-refractivity contribution >= 4 is 16.7 Å². The fraction of sp³-hybridized carbons (Fsp3) is 0.231. The summed E-state index contributed by atoms with van der Waals surface area (Å²) in [5.41, 5.74) is 3.13. The summed E-state index contributed by atoms with van der Waals surface area (Å²) in [5, 5.41) is 0.958. The first-order valence-electron chi connectivity index (χ1n) is 10.7. The molecule has 1 fully saturated rings. The number of fused-ring (bicyclic) bond motifs is 1. The van der Waals surface area contributed by atoms with Gasteiger partial charge in [-0.1, -0.05) is 30.3 Å². The largest absolute Gasteiger partial charge is 0.493 e. The molecule has 6 heteroatoms. The predicted molar refractivity (Wildman–Crippen MR) is 122 cm³/mol. The van der Waals surface area contributed by atoms with Crippen LogP contribution in [0.5, 0.6) is 5.75 Å². The smallest absolute Gasteiger partial charge is 0.176 e. The highest BCUT2D eigenvalue weighted by molar-refractivity contribution is 5.90. The number of methoxy groups -OCH3 is 1. The number of halogens is 2. The standard InChI is InChI=1S/C26H24F2N2O2/c1-31-24-10-9-19(21-16-25(32-26(21)24)18-5-4-6-20(27)15-18)17-29-11-13-30(14-12-29)23-8-3-2-7-22(23)28/h2-10,15-16H,11-14,17H2,1H3. The maximum Gasteiger partial charge on any atom is 0.176 e. The van der Waals surface area contributed by atoms with Gasteiger partial charge in [-0.15, -0.1) is 0 Å². The van der Waals surface area contributed by atoms with Crippen molar-refractivity contribution in [3.05, 3.63) is 83.9 Å². The van der Waals surface area contributed by atoms with Gasteiger partial charge in [0.2, 0.25) is 0 Å². The third-order valence-corrected chi connectivity index (χ3v) is 6.03. The molecule has 4 nitrogen and oxygen atoms in total. The highest BCUT2D eigenvalue weighted by Gasteiger charge is 2.21. The summed E-state index contributed by atoms with van der Waals surface area (Å²) in [6.45, 7) is 3.93. The van der Waals surface area contributed by atoms with Crippen LogP contribution in [0.25, 0.3) is 22.3 Å². The second-order valence-corrected chi connectivity index (χ2v) is 8.01. The van der Waals surface area contributed by atoms with Gasteiger partial charge in [0.05, 0.1) is 12.8 Å². The molecule has 5 rings (SSSR count). The molecule has 164 valence electrons. The SMILES string of the molecule is COc1ccc(CN2CCN(c3ccccc3F)CC2)c2cc(-c3cccc(F)c3)oc12. The van der Waals surface area contributed by atoms with Gasteiger partial charge in [0.15, 0.2) is 11.3 Å². The van der Waals surface area contributed by atoms with Crippen molar-refractivity contribution in [1.82, 2.24) is 4.90 Å². The lowest BCUT2D eigenvalue weighted by Crippen LogP contribution is -2.46. The zero-order valence-corrected chi connectivity index (χ0v) is 17.9. The molecule has 0 bridgehead atoms. The van der Waals surface area contributed by atoms with E-state index in [0.29, 0.717) is 28.3 Å². The fourth-order valence-corrected chi connectivity index (χ4v) is 4.33. The number of furan rings is 1. The lowest BCUT2D eigenvalue weighted by atomic mass is 10.1. The molecule has 0 N–H and O–H groups in total. The van der Waals surface area contributed by atoms with Gasteiger partial charge in [0.1, 0.15) is 17.4 Å². The number of hydrogen-bond donors (Lipinski definition) is 0. The Kier molecular flexibility index (Phi) is 5.53. The molecular weight excluding hydrogens is 410 g/mol. The number of ether oxygens (including phenoxy) is 1. The van der Waals surface area contributed by atoms with Crippen LogP contribution in [-0.4, -0.2) is 38.2 Å². The Labute approximate surface area is 185 Å². The van der Waals surface area contributed by atoms with Gasteiger partial charge in [-0.25, -0.2) is 8.78 Å². The van der Waals surface area contributed by atoms with Crippen LogP contribution in [0.15, 0.2) is 71.1 Å². The van der Waals surface area contributed by atoms with E-state index in [2.05, 4.69) is 15.9 Å². The first-order chi connectivity index (χ1) is 15.6. The maximum atomic E-state index is 14.1. The van der Waals surface area contributed by atoms with E-state index < -0.39 is 0 Å². The van der Waals surface area contributed by atoms with Crippen LogP contribution in [0.3, 0.4) is 0 Å². The molecule has 0 amide bonds. The van der Waals surface area contributed by atoms with Crippen molar-refractivity contribution in [2.75, 3.05) is 38.2 Å². The van der Waals surface area contributed by atoms with E-state index in [0.717, 1.165) is 43.7 Å². The highest BCUT2D eigenvalue weighted by atomic mass is 19.1. The second kappa shape index (κ2) is 8.63. The summed E-state index contributed by atoms with van der Waals surface area (Å²) in [6.07, 6.45) is 0. The Morgan fingerprint density at radius 3 is 2.47 bits per heavy atom. The third-order valence-electron chi connectivity index (χ3n) is 6.03. The molecule has 2 heterocycles. The predicted octanol–water partition coefficient (Wildman–Crippen LogP) is 5.71. The zero-order chi connectivity index (χ0) is 22.1. The van der Waals surface area contributed by atoms with Crippen LogP contribution < -0.4 is 9.64 Å². The molecule has 0 atom stereocenters. The Morgan fingerprint density at radius 2 is 1.72 bits per heavy atom. The summed E-state index contributed by atoms with van der Waals surface area (Å²) in [4.78, 5) is 4.45. The molecule has 4 aromatic rings. The number of hydrogen-bond acceptors (Lipinski definition) is 4. The summed E-state index contributed by atoms with van der Waals surface area (Å²) < 4.78 is 39.4. The van der Waals surface area contributed by atoms with Crippen LogP contribution in [0, 0.1) is 11.6 Å². The van der Waals surface area contributed by atoms with Crippen LogP contribution in [-0.2, 0) is 6.54 Å². The van der Waals surface area contributed by atoms with Crippen molar-refractivity contribution < 1.29 is 17.9 Å². The summed E-state index contributed by atoms with van der Waals surface area (Å²) in [6, 6.07) is 19.2. The minimum absolute atomic E-state index is 0.180. The first-order valence-corrected chi connectivity index (χ1v) is 10.7. The molecule has 1 aromatic heterocycles. The van der Waals surface area contributed by atoms with Crippen molar-refractivity contribution in [3.63, 3.8) is 0 Å². The Bertz CT molecular complexity index is 1250. The minimum Gasteiger partial charge on any atom is -0.493 e. The van der Waals surface area contributed by atoms with Gasteiger partial charge in [-0.3, -0.25) is 4.90 Å². The molecule has 0 aliphatic carbocycles. The molecule has 0 spiro atoms. The van der Waals surface area contributed by atoms with Crippen LogP contribution in [0.1, 0.15) is 5.56 Å². The normalized spacial score (nSPS) is 14.8. The van der Waals surface area contributed by atoms with E-state index in [1.54, 1.807) is 19.2 Å². The summed E-state index contributed by atoms with van der Waals surface area (Å²) in [5.74, 6) is 0.773. The molecule has 1 aliphatic rings. The van der Waals surface area contributed by atoms with Gasteiger partial charge in [0.25, 0.3) is 0 Å². The van der Waals surface area contributed by atoms with Gasteiger partial charge in [0, 0.05) is 43.7 Å². The van der Waals surface area contributed by atoms with E-state index in [9.17, 15) is 8.78 Å². The van der Waals surface area contributed by atoms with E-state index >= 15 is 0 Å². The number of nitrogens with zero attached hydrogens (tertiary/aromatic N) is 2. The molecule has 32 heavy (non-hydrogen) atoms. The van der Waals surface area contributed by atoms with Crippen molar-refractivity contribution in [1.29, 1.82) is 0 Å². The summed E-state index contributed by atoms with van der Waals surface area (Å²) >= 11 is 0. The lowest BCUT2D eigenvalue weighted by molar-refractivity contribution is 0.250. The van der Waals surface area contributed by atoms with Crippen LogP contribution in [0.4, 0.5) is 14.5 Å². The average Bonchev–Trinajstić information content (AvgIpc) is 3.26. The van der Waals surface area contributed by atoms with Crippen molar-refractivity contribution in [2.24, 2.45) is 0 Å². The maximum absolute atomic E-state index is 14.1. The number of benzene rings is 3. The molecule has 1 saturated heterocycles. The van der Waals surface area contributed by atoms with E-state index in [4.69, 9.17) is 9.15 Å². The van der Waals surface area contributed by atoms with E-state index in [-0.39, 0.29) is 11.6 Å². The van der Waals surface area contributed by atoms with Crippen LogP contribution in [0.2, 0.25) is 0 Å². The molecule has 0 unspecified atom stereocenters. The topological polar surface area (TPSA) is 28.9 Å². The Hall–Kier alpha value is -3.38. The zero-order valence-electron chi connectivity index (χ0n) is 17.9. The van der Waals surface area contributed by atoms with Crippen molar-refractivity contribution in [2.45, 2.75) is 6.54 Å². The average molecular weight is 434 g/mol. The highest BCUT2D eigenvalue weighted by Crippen LogP contribution is 2.36. The van der Waals surface area contributed by atoms with Gasteiger partial charge in [-0.05, 0) is 42.0 Å². The van der Waals surface area contributed by atoms with Crippen LogP contribution >= 0.6 is 0 Å². The summed E-state index contributed by atoms with van der Waals surface area (Å²) in [7, 11) is 1.61. The van der Waals surface area contributed by atoms with Gasteiger partial charge in [-0.2, -0.15) is 0 Å². The molecule has 0 radical (unpaired) electrons. The van der Waals surface area contributed by atoms with Gasteiger partial charge >= 0.3 is 0 Å². The molecule has 0 saturated carbocycles. The monoisotopic (exact) mass is 434 g/mol. The Balaban J connectivity index is 1.38. The van der Waals surface area contributed by atoms with E-state index in [1.807, 2.05) is 30.3 Å². The first kappa shape index (κ1) is 20.5. The number of piperazine rings is 1. The lowest BCUT2D eigenvalue weighted by Gasteiger charge is -2.36. The number of anilines is 1.